The van der Waals surface area contributed by atoms with Gasteiger partial charge in [0.2, 0.25) is 0 Å². The first-order valence-electron chi connectivity index (χ1n) is 13.1. The number of carbonyl (C=O) groups excluding carboxylic acids is 3. The Morgan fingerprint density at radius 2 is 1.66 bits per heavy atom. The first-order chi connectivity index (χ1) is 17.8. The molecule has 0 saturated heterocycles. The van der Waals surface area contributed by atoms with Gasteiger partial charge in [-0.3, -0.25) is 14.4 Å². The molecule has 0 spiro atoms. The molecule has 1 aliphatic rings. The topological polar surface area (TPSA) is 141 Å². The van der Waals surface area contributed by atoms with Crippen LogP contribution in [-0.2, 0) is 16.0 Å². The Bertz CT molecular complexity index is 1200. The standard InChI is InChI=1S/C30H40O8/c1-7-9-10-12-21(32)25-27(35)19(28(36)30(5,29(25)37)14-13-17(3)4)15-18-23(38-6)16-22(33)24(26(18)34)20(31)11-8-2/h13,16,33-36H,7-12,14-15H2,1-6H3. The van der Waals surface area contributed by atoms with Gasteiger partial charge < -0.3 is 25.2 Å². The predicted molar refractivity (Wildman–Crippen MR) is 145 cm³/mol. The minimum atomic E-state index is -1.53. The van der Waals surface area contributed by atoms with Gasteiger partial charge in [0.25, 0.3) is 0 Å². The highest BCUT2D eigenvalue weighted by molar-refractivity contribution is 6.24. The Morgan fingerprint density at radius 3 is 2.21 bits per heavy atom. The third kappa shape index (κ3) is 6.11. The molecule has 2 rings (SSSR count). The molecule has 4 N–H and O–H groups in total. The van der Waals surface area contributed by atoms with Gasteiger partial charge in [0.1, 0.15) is 39.9 Å². The van der Waals surface area contributed by atoms with Crippen LogP contribution < -0.4 is 4.74 Å². The molecule has 38 heavy (non-hydrogen) atoms. The maximum atomic E-state index is 13.6. The summed E-state index contributed by atoms with van der Waals surface area (Å²) in [6, 6.07) is 1.18. The van der Waals surface area contributed by atoms with Crippen molar-refractivity contribution in [2.75, 3.05) is 7.11 Å². The second-order valence-electron chi connectivity index (χ2n) is 10.2. The largest absolute Gasteiger partial charge is 0.511 e. The van der Waals surface area contributed by atoms with E-state index in [1.165, 1.54) is 20.1 Å². The van der Waals surface area contributed by atoms with E-state index in [1.807, 2.05) is 20.8 Å². The average molecular weight is 529 g/mol. The number of aliphatic hydroxyl groups excluding tert-OH is 2. The summed E-state index contributed by atoms with van der Waals surface area (Å²) in [5.74, 6) is -3.75. The quantitative estimate of drug-likeness (QED) is 0.100. The van der Waals surface area contributed by atoms with Crippen molar-refractivity contribution in [2.45, 2.75) is 86.0 Å². The van der Waals surface area contributed by atoms with Gasteiger partial charge in [0, 0.05) is 36.5 Å². The van der Waals surface area contributed by atoms with Crippen LogP contribution in [0.25, 0.3) is 0 Å². The van der Waals surface area contributed by atoms with Crippen LogP contribution in [0, 0.1) is 5.41 Å². The van der Waals surface area contributed by atoms with E-state index in [-0.39, 0.29) is 53.7 Å². The van der Waals surface area contributed by atoms with Gasteiger partial charge >= 0.3 is 0 Å². The summed E-state index contributed by atoms with van der Waals surface area (Å²) >= 11 is 0. The molecule has 1 aliphatic carbocycles. The van der Waals surface area contributed by atoms with Crippen LogP contribution in [0.1, 0.15) is 95.5 Å². The fourth-order valence-electron chi connectivity index (χ4n) is 4.60. The number of hydrogen-bond acceptors (Lipinski definition) is 8. The van der Waals surface area contributed by atoms with Crippen LogP contribution in [0.15, 0.2) is 40.4 Å². The second-order valence-corrected chi connectivity index (χ2v) is 10.2. The number of carbonyl (C=O) groups is 3. The zero-order valence-corrected chi connectivity index (χ0v) is 23.2. The highest BCUT2D eigenvalue weighted by Crippen LogP contribution is 2.46. The first kappa shape index (κ1) is 30.7. The SMILES string of the molecule is CCCCCC(=O)C1=C(O)C(Cc2c(OC)cc(O)c(C(=O)CCC)c2O)=C(O)C(C)(CC=C(C)C)C1=O. The number of phenolic OH excluding ortho intramolecular Hbond substituents is 2. The van der Waals surface area contributed by atoms with E-state index in [2.05, 4.69) is 0 Å². The molecule has 0 heterocycles. The maximum Gasteiger partial charge on any atom is 0.183 e. The molecule has 0 amide bonds. The molecule has 0 aromatic heterocycles. The van der Waals surface area contributed by atoms with Crippen molar-refractivity contribution in [3.8, 4) is 17.2 Å². The fourth-order valence-corrected chi connectivity index (χ4v) is 4.60. The summed E-state index contributed by atoms with van der Waals surface area (Å²) in [5.41, 5.74) is -1.40. The minimum absolute atomic E-state index is 0.0138. The molecule has 1 unspecified atom stereocenters. The van der Waals surface area contributed by atoms with Crippen molar-refractivity contribution in [1.82, 2.24) is 0 Å². The van der Waals surface area contributed by atoms with E-state index in [4.69, 9.17) is 4.74 Å². The molecule has 1 atom stereocenters. The molecule has 0 saturated carbocycles. The monoisotopic (exact) mass is 528 g/mol. The molecule has 0 bridgehead atoms. The number of aromatic hydroxyl groups is 2. The summed E-state index contributed by atoms with van der Waals surface area (Å²) in [4.78, 5) is 39.4. The van der Waals surface area contributed by atoms with Crippen LogP contribution in [0.3, 0.4) is 0 Å². The number of aliphatic hydroxyl groups is 2. The number of rotatable bonds is 13. The maximum absolute atomic E-state index is 13.6. The van der Waals surface area contributed by atoms with Crippen molar-refractivity contribution < 1.29 is 39.5 Å². The van der Waals surface area contributed by atoms with Crippen molar-refractivity contribution in [2.24, 2.45) is 5.41 Å². The average Bonchev–Trinajstić information content (AvgIpc) is 2.85. The molecule has 0 fully saturated rings. The minimum Gasteiger partial charge on any atom is -0.511 e. The number of methoxy groups -OCH3 is 1. The number of unbranched alkanes of at least 4 members (excludes halogenated alkanes) is 2. The normalized spacial score (nSPS) is 17.6. The number of ether oxygens (including phenoxy) is 1. The van der Waals surface area contributed by atoms with Gasteiger partial charge in [-0.05, 0) is 40.0 Å². The van der Waals surface area contributed by atoms with Crippen LogP contribution in [-0.4, -0.2) is 44.9 Å². The molecule has 8 nitrogen and oxygen atoms in total. The Kier molecular flexibility index (Phi) is 10.3. The second kappa shape index (κ2) is 12.8. The summed E-state index contributed by atoms with van der Waals surface area (Å²) in [6.07, 6.45) is 4.33. The van der Waals surface area contributed by atoms with Gasteiger partial charge in [-0.2, -0.15) is 0 Å². The Morgan fingerprint density at radius 1 is 1.00 bits per heavy atom. The van der Waals surface area contributed by atoms with Crippen molar-refractivity contribution in [3.05, 3.63) is 51.5 Å². The third-order valence-electron chi connectivity index (χ3n) is 6.94. The number of hydrogen-bond donors (Lipinski definition) is 4. The van der Waals surface area contributed by atoms with Crippen LogP contribution in [0.4, 0.5) is 0 Å². The van der Waals surface area contributed by atoms with Crippen LogP contribution >= 0.6 is 0 Å². The molecular formula is C30H40O8. The van der Waals surface area contributed by atoms with Gasteiger partial charge in [-0.25, -0.2) is 0 Å². The van der Waals surface area contributed by atoms with Gasteiger partial charge in [-0.15, -0.1) is 0 Å². The zero-order valence-electron chi connectivity index (χ0n) is 23.2. The van der Waals surface area contributed by atoms with Crippen molar-refractivity contribution in [1.29, 1.82) is 0 Å². The fraction of sp³-hybridized carbons (Fsp3) is 0.500. The van der Waals surface area contributed by atoms with Crippen molar-refractivity contribution in [3.63, 3.8) is 0 Å². The van der Waals surface area contributed by atoms with E-state index < -0.39 is 45.8 Å². The van der Waals surface area contributed by atoms with E-state index in [9.17, 15) is 34.8 Å². The lowest BCUT2D eigenvalue weighted by Gasteiger charge is -2.34. The lowest BCUT2D eigenvalue weighted by atomic mass is 9.69. The highest BCUT2D eigenvalue weighted by Gasteiger charge is 2.47. The van der Waals surface area contributed by atoms with Crippen LogP contribution in [0.2, 0.25) is 0 Å². The molecule has 1 aromatic carbocycles. The van der Waals surface area contributed by atoms with Crippen LogP contribution in [0.5, 0.6) is 17.2 Å². The number of phenols is 2. The number of benzene rings is 1. The number of Topliss-reactive ketones (excluding diaryl/α,β-unsaturated/α-hetero) is 3. The molecular weight excluding hydrogens is 488 g/mol. The van der Waals surface area contributed by atoms with E-state index in [0.29, 0.717) is 12.8 Å². The van der Waals surface area contributed by atoms with Gasteiger partial charge in [0.05, 0.1) is 12.5 Å². The lowest BCUT2D eigenvalue weighted by Crippen LogP contribution is -2.39. The molecule has 8 heteroatoms. The van der Waals surface area contributed by atoms with E-state index in [1.54, 1.807) is 13.0 Å². The smallest absolute Gasteiger partial charge is 0.183 e. The Balaban J connectivity index is 2.78. The molecule has 1 aromatic rings. The lowest BCUT2D eigenvalue weighted by molar-refractivity contribution is -0.127. The number of ketones is 3. The highest BCUT2D eigenvalue weighted by atomic mass is 16.5. The summed E-state index contributed by atoms with van der Waals surface area (Å²) in [5, 5.41) is 44.0. The number of allylic oxidation sites excluding steroid dienone is 5. The summed E-state index contributed by atoms with van der Waals surface area (Å²) < 4.78 is 5.33. The summed E-state index contributed by atoms with van der Waals surface area (Å²) in [6.45, 7) is 8.97. The van der Waals surface area contributed by atoms with Crippen molar-refractivity contribution >= 4 is 17.3 Å². The third-order valence-corrected chi connectivity index (χ3v) is 6.94. The zero-order chi connectivity index (χ0) is 28.8. The van der Waals surface area contributed by atoms with E-state index in [0.717, 1.165) is 18.4 Å². The molecule has 0 radical (unpaired) electrons. The Hall–Kier alpha value is -3.55. The first-order valence-corrected chi connectivity index (χ1v) is 13.1. The predicted octanol–water partition coefficient (Wildman–Crippen LogP) is 6.35. The summed E-state index contributed by atoms with van der Waals surface area (Å²) in [7, 11) is 1.31. The molecule has 0 aliphatic heterocycles. The Labute approximate surface area is 224 Å². The van der Waals surface area contributed by atoms with Gasteiger partial charge in [-0.1, -0.05) is 38.3 Å². The molecule has 208 valence electrons. The van der Waals surface area contributed by atoms with Gasteiger partial charge in [0.15, 0.2) is 17.3 Å². The van der Waals surface area contributed by atoms with E-state index >= 15 is 0 Å².